The third kappa shape index (κ3) is 4.01. The lowest BCUT2D eigenvalue weighted by molar-refractivity contribution is -0.385. The molecule has 1 fully saturated rings. The van der Waals surface area contributed by atoms with Gasteiger partial charge >= 0.3 is 0 Å². The lowest BCUT2D eigenvalue weighted by Gasteiger charge is -2.32. The maximum absolute atomic E-state index is 11.0. The van der Waals surface area contributed by atoms with Gasteiger partial charge in [0.25, 0.3) is 5.69 Å². The lowest BCUT2D eigenvalue weighted by Crippen LogP contribution is -2.41. The molecule has 0 amide bonds. The Morgan fingerprint density at radius 3 is 2.70 bits per heavy atom. The maximum atomic E-state index is 11.0. The molecule has 1 aromatic carbocycles. The number of nitro benzene ring substituents is 1. The van der Waals surface area contributed by atoms with E-state index in [2.05, 4.69) is 21.2 Å². The summed E-state index contributed by atoms with van der Waals surface area (Å²) in [5.41, 5.74) is 0.0825. The topological polar surface area (TPSA) is 75.4 Å². The number of hydrogen-bond donors (Lipinski definition) is 2. The van der Waals surface area contributed by atoms with E-state index in [1.165, 1.54) is 12.5 Å². The molecular formula is C14H19BrN2O3. The van der Waals surface area contributed by atoms with Crippen LogP contribution in [0.1, 0.15) is 37.7 Å². The quantitative estimate of drug-likeness (QED) is 0.636. The van der Waals surface area contributed by atoms with Gasteiger partial charge in [-0.15, -0.1) is 0 Å². The number of benzene rings is 1. The van der Waals surface area contributed by atoms with Crippen molar-refractivity contribution in [1.29, 1.82) is 0 Å². The zero-order valence-electron chi connectivity index (χ0n) is 11.3. The molecule has 0 aromatic heterocycles. The van der Waals surface area contributed by atoms with Crippen LogP contribution in [0.3, 0.4) is 0 Å². The van der Waals surface area contributed by atoms with E-state index in [-0.39, 0.29) is 10.6 Å². The van der Waals surface area contributed by atoms with Crippen LogP contribution < -0.4 is 5.32 Å². The van der Waals surface area contributed by atoms with Gasteiger partial charge in [0.15, 0.2) is 0 Å². The molecule has 0 saturated heterocycles. The average Bonchev–Trinajstić information content (AvgIpc) is 2.39. The maximum Gasteiger partial charge on any atom is 0.273 e. The summed E-state index contributed by atoms with van der Waals surface area (Å²) >= 11 is 3.32. The van der Waals surface area contributed by atoms with E-state index < -0.39 is 5.60 Å². The number of rotatable bonds is 5. The van der Waals surface area contributed by atoms with Crippen molar-refractivity contribution in [3.05, 3.63) is 38.3 Å². The first-order valence-electron chi connectivity index (χ1n) is 6.86. The smallest absolute Gasteiger partial charge is 0.273 e. The Bertz CT molecular complexity index is 487. The molecule has 1 aliphatic rings. The Hall–Kier alpha value is -0.980. The first-order valence-corrected chi connectivity index (χ1v) is 7.65. The van der Waals surface area contributed by atoms with Crippen LogP contribution in [0, 0.1) is 10.1 Å². The Kier molecular flexibility index (Phi) is 5.12. The number of nitro groups is 1. The normalized spacial score (nSPS) is 17.9. The molecule has 0 aliphatic heterocycles. The van der Waals surface area contributed by atoms with E-state index in [9.17, 15) is 15.2 Å². The summed E-state index contributed by atoms with van der Waals surface area (Å²) < 4.78 is 0.816. The molecule has 1 aromatic rings. The van der Waals surface area contributed by atoms with Crippen molar-refractivity contribution in [2.45, 2.75) is 44.2 Å². The van der Waals surface area contributed by atoms with Gasteiger partial charge in [-0.1, -0.05) is 35.2 Å². The van der Waals surface area contributed by atoms with Crippen LogP contribution in [0.15, 0.2) is 22.7 Å². The fourth-order valence-corrected chi connectivity index (χ4v) is 3.10. The predicted molar refractivity (Wildman–Crippen MR) is 80.5 cm³/mol. The third-order valence-corrected chi connectivity index (χ3v) is 4.29. The standard InChI is InChI=1S/C14H19BrN2O3/c15-12-4-5-13(17(19)20)11(8-12)9-16-10-14(18)6-2-1-3-7-14/h4-5,8,16,18H,1-3,6-7,9-10H2. The van der Waals surface area contributed by atoms with Crippen molar-refractivity contribution < 1.29 is 10.0 Å². The molecule has 2 N–H and O–H groups in total. The van der Waals surface area contributed by atoms with Gasteiger partial charge in [0.1, 0.15) is 0 Å². The fourth-order valence-electron chi connectivity index (χ4n) is 2.69. The van der Waals surface area contributed by atoms with E-state index in [1.807, 2.05) is 0 Å². The van der Waals surface area contributed by atoms with Crippen LogP contribution in [-0.2, 0) is 6.54 Å². The second kappa shape index (κ2) is 6.65. The van der Waals surface area contributed by atoms with Crippen molar-refractivity contribution in [2.75, 3.05) is 6.54 Å². The molecule has 0 heterocycles. The van der Waals surface area contributed by atoms with Crippen molar-refractivity contribution in [2.24, 2.45) is 0 Å². The highest BCUT2D eigenvalue weighted by Gasteiger charge is 2.28. The monoisotopic (exact) mass is 342 g/mol. The number of hydrogen-bond acceptors (Lipinski definition) is 4. The summed E-state index contributed by atoms with van der Waals surface area (Å²) in [5.74, 6) is 0. The molecule has 1 saturated carbocycles. The first-order chi connectivity index (χ1) is 9.50. The molecule has 0 bridgehead atoms. The predicted octanol–water partition coefficient (Wildman–Crippen LogP) is 3.14. The Morgan fingerprint density at radius 2 is 2.05 bits per heavy atom. The average molecular weight is 343 g/mol. The zero-order chi connectivity index (χ0) is 14.6. The van der Waals surface area contributed by atoms with Crippen LogP contribution in [-0.4, -0.2) is 22.2 Å². The summed E-state index contributed by atoms with van der Waals surface area (Å²) in [7, 11) is 0. The molecule has 1 aliphatic carbocycles. The minimum Gasteiger partial charge on any atom is -0.389 e. The van der Waals surface area contributed by atoms with E-state index in [0.717, 1.165) is 30.2 Å². The summed E-state index contributed by atoms with van der Waals surface area (Å²) in [6, 6.07) is 4.91. The molecule has 0 radical (unpaired) electrons. The molecule has 0 atom stereocenters. The van der Waals surface area contributed by atoms with E-state index in [1.54, 1.807) is 12.1 Å². The van der Waals surface area contributed by atoms with Gasteiger partial charge in [0, 0.05) is 29.2 Å². The molecular weight excluding hydrogens is 324 g/mol. The Balaban J connectivity index is 1.96. The second-order valence-electron chi connectivity index (χ2n) is 5.42. The van der Waals surface area contributed by atoms with Crippen molar-refractivity contribution in [3.8, 4) is 0 Å². The molecule has 2 rings (SSSR count). The van der Waals surface area contributed by atoms with Crippen LogP contribution >= 0.6 is 15.9 Å². The van der Waals surface area contributed by atoms with E-state index in [0.29, 0.717) is 18.7 Å². The minimum atomic E-state index is -0.654. The van der Waals surface area contributed by atoms with Crippen LogP contribution in [0.5, 0.6) is 0 Å². The van der Waals surface area contributed by atoms with Gasteiger partial charge in [-0.2, -0.15) is 0 Å². The van der Waals surface area contributed by atoms with Crippen molar-refractivity contribution in [1.82, 2.24) is 5.32 Å². The van der Waals surface area contributed by atoms with Gasteiger partial charge < -0.3 is 10.4 Å². The SMILES string of the molecule is O=[N+]([O-])c1ccc(Br)cc1CNCC1(O)CCCCC1. The third-order valence-electron chi connectivity index (χ3n) is 3.79. The van der Waals surface area contributed by atoms with Crippen LogP contribution in [0.25, 0.3) is 0 Å². The number of nitrogens with zero attached hydrogens (tertiary/aromatic N) is 1. The molecule has 6 heteroatoms. The van der Waals surface area contributed by atoms with Gasteiger partial charge in [0.2, 0.25) is 0 Å². The summed E-state index contributed by atoms with van der Waals surface area (Å²) in [6.07, 6.45) is 4.89. The molecule has 5 nitrogen and oxygen atoms in total. The van der Waals surface area contributed by atoms with Gasteiger partial charge in [-0.25, -0.2) is 0 Å². The summed E-state index contributed by atoms with van der Waals surface area (Å²) in [4.78, 5) is 10.6. The highest BCUT2D eigenvalue weighted by atomic mass is 79.9. The molecule has 0 unspecified atom stereocenters. The largest absolute Gasteiger partial charge is 0.389 e. The lowest BCUT2D eigenvalue weighted by atomic mass is 9.85. The van der Waals surface area contributed by atoms with Crippen molar-refractivity contribution in [3.63, 3.8) is 0 Å². The highest BCUT2D eigenvalue weighted by molar-refractivity contribution is 9.10. The van der Waals surface area contributed by atoms with Gasteiger partial charge in [-0.05, 0) is 25.0 Å². The van der Waals surface area contributed by atoms with Crippen LogP contribution in [0.4, 0.5) is 5.69 Å². The zero-order valence-corrected chi connectivity index (χ0v) is 12.9. The fraction of sp³-hybridized carbons (Fsp3) is 0.571. The Morgan fingerprint density at radius 1 is 1.35 bits per heavy atom. The minimum absolute atomic E-state index is 0.108. The summed E-state index contributed by atoms with van der Waals surface area (Å²) in [6.45, 7) is 0.870. The molecule has 110 valence electrons. The van der Waals surface area contributed by atoms with Crippen molar-refractivity contribution >= 4 is 21.6 Å². The second-order valence-corrected chi connectivity index (χ2v) is 6.33. The van der Waals surface area contributed by atoms with Gasteiger partial charge in [-0.3, -0.25) is 10.1 Å². The number of aliphatic hydroxyl groups is 1. The van der Waals surface area contributed by atoms with Crippen LogP contribution in [0.2, 0.25) is 0 Å². The first kappa shape index (κ1) is 15.4. The summed E-state index contributed by atoms with van der Waals surface area (Å²) in [5, 5.41) is 24.5. The molecule has 20 heavy (non-hydrogen) atoms. The van der Waals surface area contributed by atoms with E-state index in [4.69, 9.17) is 0 Å². The number of nitrogens with one attached hydrogen (secondary N) is 1. The highest BCUT2D eigenvalue weighted by Crippen LogP contribution is 2.28. The molecule has 0 spiro atoms. The number of halogens is 1. The van der Waals surface area contributed by atoms with E-state index >= 15 is 0 Å². The van der Waals surface area contributed by atoms with Gasteiger partial charge in [0.05, 0.1) is 10.5 Å². The Labute approximate surface area is 126 Å².